The van der Waals surface area contributed by atoms with Gasteiger partial charge in [-0.1, -0.05) is 29.8 Å². The molecule has 0 radical (unpaired) electrons. The zero-order valence-electron chi connectivity index (χ0n) is 12.9. The molecule has 2 aromatic carbocycles. The minimum absolute atomic E-state index is 0.0646. The van der Waals surface area contributed by atoms with E-state index >= 15 is 0 Å². The molecule has 1 unspecified atom stereocenters. The molecule has 0 aromatic heterocycles. The van der Waals surface area contributed by atoms with Crippen LogP contribution in [0.1, 0.15) is 12.5 Å². The van der Waals surface area contributed by atoms with Gasteiger partial charge in [-0.05, 0) is 61.7 Å². The third kappa shape index (κ3) is 3.51. The number of hydrogen-bond donors (Lipinski definition) is 1. The molecule has 1 aliphatic rings. The summed E-state index contributed by atoms with van der Waals surface area (Å²) in [6.07, 6.45) is 0. The predicted octanol–water partition coefficient (Wildman–Crippen LogP) is 4.55. The molecule has 0 saturated heterocycles. The van der Waals surface area contributed by atoms with Gasteiger partial charge in [0.1, 0.15) is 11.1 Å². The van der Waals surface area contributed by atoms with E-state index < -0.39 is 0 Å². The van der Waals surface area contributed by atoms with Crippen LogP contribution in [0.15, 0.2) is 58.6 Å². The van der Waals surface area contributed by atoms with Gasteiger partial charge in [0.2, 0.25) is 0 Å². The average Bonchev–Trinajstić information content (AvgIpc) is 2.93. The lowest BCUT2D eigenvalue weighted by molar-refractivity contribution is 1.22. The Hall–Kier alpha value is -1.98. The highest BCUT2D eigenvalue weighted by Crippen LogP contribution is 2.33. The van der Waals surface area contributed by atoms with Crippen molar-refractivity contribution in [3.63, 3.8) is 0 Å². The third-order valence-corrected chi connectivity index (χ3v) is 5.01. The van der Waals surface area contributed by atoms with Crippen LogP contribution < -0.4 is 10.1 Å². The minimum atomic E-state index is -0.0646. The lowest BCUT2D eigenvalue weighted by Crippen LogP contribution is -2.30. The average molecular weight is 345 g/mol. The van der Waals surface area contributed by atoms with Crippen LogP contribution in [0.5, 0.6) is 0 Å². The van der Waals surface area contributed by atoms with E-state index in [0.717, 1.165) is 22.6 Å². The smallest absolute Gasteiger partial charge is 0.124 e. The van der Waals surface area contributed by atoms with Crippen LogP contribution in [0, 0.1) is 6.92 Å². The fraction of sp³-hybridized carbons (Fsp3) is 0.176. The summed E-state index contributed by atoms with van der Waals surface area (Å²) in [4.78, 5) is 4.57. The number of amidine groups is 1. The SMILES string of the molecule is CC1=NN(c2ccccc2)SC1C(N)=Nc1ccc(Cl)cc1C. The number of hydrazone groups is 1. The first kappa shape index (κ1) is 15.9. The summed E-state index contributed by atoms with van der Waals surface area (Å²) < 4.78 is 1.89. The Bertz CT molecular complexity index is 773. The third-order valence-electron chi connectivity index (χ3n) is 3.49. The van der Waals surface area contributed by atoms with Crippen molar-refractivity contribution < 1.29 is 0 Å². The van der Waals surface area contributed by atoms with Gasteiger partial charge in [0.25, 0.3) is 0 Å². The highest BCUT2D eigenvalue weighted by Gasteiger charge is 2.29. The molecule has 0 bridgehead atoms. The van der Waals surface area contributed by atoms with E-state index in [1.165, 1.54) is 0 Å². The fourth-order valence-electron chi connectivity index (χ4n) is 2.28. The Morgan fingerprint density at radius 3 is 2.65 bits per heavy atom. The van der Waals surface area contributed by atoms with Crippen LogP contribution in [0.3, 0.4) is 0 Å². The van der Waals surface area contributed by atoms with Crippen molar-refractivity contribution in [1.82, 2.24) is 0 Å². The molecule has 1 aliphatic heterocycles. The van der Waals surface area contributed by atoms with Gasteiger partial charge in [0, 0.05) is 5.02 Å². The number of anilines is 1. The molecule has 0 amide bonds. The minimum Gasteiger partial charge on any atom is -0.386 e. The molecule has 6 heteroatoms. The number of para-hydroxylation sites is 1. The van der Waals surface area contributed by atoms with E-state index in [-0.39, 0.29) is 5.25 Å². The molecule has 0 saturated carbocycles. The second kappa shape index (κ2) is 6.64. The topological polar surface area (TPSA) is 54.0 Å². The number of nitrogens with zero attached hydrogens (tertiary/aromatic N) is 3. The summed E-state index contributed by atoms with van der Waals surface area (Å²) in [6.45, 7) is 3.94. The summed E-state index contributed by atoms with van der Waals surface area (Å²) in [5.74, 6) is 0.542. The first-order valence-electron chi connectivity index (χ1n) is 7.22. The van der Waals surface area contributed by atoms with Crippen molar-refractivity contribution in [2.24, 2.45) is 15.8 Å². The van der Waals surface area contributed by atoms with E-state index in [4.69, 9.17) is 17.3 Å². The van der Waals surface area contributed by atoms with Gasteiger partial charge in [0.15, 0.2) is 0 Å². The Kier molecular flexibility index (Phi) is 4.59. The summed E-state index contributed by atoms with van der Waals surface area (Å²) in [5, 5.41) is 5.20. The van der Waals surface area contributed by atoms with Gasteiger partial charge in [-0.15, -0.1) is 0 Å². The first-order chi connectivity index (χ1) is 11.0. The van der Waals surface area contributed by atoms with Gasteiger partial charge in [0.05, 0.1) is 17.1 Å². The summed E-state index contributed by atoms with van der Waals surface area (Å²) >= 11 is 7.54. The molecule has 1 heterocycles. The van der Waals surface area contributed by atoms with Crippen LogP contribution in [-0.2, 0) is 0 Å². The van der Waals surface area contributed by atoms with Crippen LogP contribution in [0.25, 0.3) is 0 Å². The second-order valence-corrected chi connectivity index (χ2v) is 6.77. The molecular weight excluding hydrogens is 328 g/mol. The Labute approximate surface area is 145 Å². The molecule has 118 valence electrons. The molecule has 1 atom stereocenters. The number of rotatable bonds is 3. The van der Waals surface area contributed by atoms with E-state index in [0.29, 0.717) is 10.9 Å². The summed E-state index contributed by atoms with van der Waals surface area (Å²) in [5.41, 5.74) is 10.0. The second-order valence-electron chi connectivity index (χ2n) is 5.30. The van der Waals surface area contributed by atoms with Gasteiger partial charge in [-0.2, -0.15) is 5.10 Å². The van der Waals surface area contributed by atoms with Crippen molar-refractivity contribution in [1.29, 1.82) is 0 Å². The van der Waals surface area contributed by atoms with E-state index in [1.807, 2.05) is 66.8 Å². The van der Waals surface area contributed by atoms with Crippen molar-refractivity contribution in [3.05, 3.63) is 59.1 Å². The lowest BCUT2D eigenvalue weighted by Gasteiger charge is -2.14. The van der Waals surface area contributed by atoms with Crippen LogP contribution in [0.4, 0.5) is 11.4 Å². The number of aryl methyl sites for hydroxylation is 1. The fourth-order valence-corrected chi connectivity index (χ4v) is 3.49. The summed E-state index contributed by atoms with van der Waals surface area (Å²) in [7, 11) is 0. The van der Waals surface area contributed by atoms with E-state index in [2.05, 4.69) is 10.1 Å². The monoisotopic (exact) mass is 344 g/mol. The first-order valence-corrected chi connectivity index (χ1v) is 8.43. The molecule has 2 N–H and O–H groups in total. The predicted molar refractivity (Wildman–Crippen MR) is 101 cm³/mol. The lowest BCUT2D eigenvalue weighted by atomic mass is 10.2. The molecule has 3 rings (SSSR count). The van der Waals surface area contributed by atoms with E-state index in [9.17, 15) is 0 Å². The standard InChI is InChI=1S/C17H17ClN4S/c1-11-10-13(18)8-9-15(11)20-17(19)16-12(2)21-22(23-16)14-6-4-3-5-7-14/h3-10,16H,1-2H3,(H2,19,20). The number of benzene rings is 2. The van der Waals surface area contributed by atoms with E-state index in [1.54, 1.807) is 11.9 Å². The number of halogens is 1. The zero-order chi connectivity index (χ0) is 16.4. The number of aliphatic imine (C=N–C) groups is 1. The molecule has 2 aromatic rings. The largest absolute Gasteiger partial charge is 0.386 e. The highest BCUT2D eigenvalue weighted by atomic mass is 35.5. The van der Waals surface area contributed by atoms with Crippen LogP contribution in [0.2, 0.25) is 5.02 Å². The van der Waals surface area contributed by atoms with Gasteiger partial charge >= 0.3 is 0 Å². The summed E-state index contributed by atoms with van der Waals surface area (Å²) in [6, 6.07) is 15.6. The Morgan fingerprint density at radius 2 is 1.96 bits per heavy atom. The number of hydrogen-bond acceptors (Lipinski definition) is 4. The van der Waals surface area contributed by atoms with Crippen molar-refractivity contribution in [2.75, 3.05) is 4.41 Å². The number of nitrogens with two attached hydrogens (primary N) is 1. The van der Waals surface area contributed by atoms with Crippen molar-refractivity contribution in [3.8, 4) is 0 Å². The molecule has 4 nitrogen and oxygen atoms in total. The van der Waals surface area contributed by atoms with Crippen LogP contribution in [-0.4, -0.2) is 16.8 Å². The molecule has 0 spiro atoms. The normalized spacial score (nSPS) is 18.2. The maximum atomic E-state index is 6.24. The highest BCUT2D eigenvalue weighted by molar-refractivity contribution is 8.03. The molecule has 0 fully saturated rings. The zero-order valence-corrected chi connectivity index (χ0v) is 14.5. The maximum absolute atomic E-state index is 6.24. The maximum Gasteiger partial charge on any atom is 0.124 e. The van der Waals surface area contributed by atoms with Gasteiger partial charge < -0.3 is 5.73 Å². The van der Waals surface area contributed by atoms with Gasteiger partial charge in [-0.25, -0.2) is 9.41 Å². The van der Waals surface area contributed by atoms with Gasteiger partial charge in [-0.3, -0.25) is 0 Å². The molecule has 23 heavy (non-hydrogen) atoms. The van der Waals surface area contributed by atoms with Crippen LogP contribution >= 0.6 is 23.5 Å². The molecular formula is C17H17ClN4S. The Morgan fingerprint density at radius 1 is 1.22 bits per heavy atom. The molecule has 0 aliphatic carbocycles. The van der Waals surface area contributed by atoms with Crippen molar-refractivity contribution in [2.45, 2.75) is 19.1 Å². The van der Waals surface area contributed by atoms with Crippen molar-refractivity contribution >= 4 is 46.5 Å². The Balaban J connectivity index is 1.82. The quantitative estimate of drug-likeness (QED) is 0.505.